The highest BCUT2D eigenvalue weighted by atomic mass is 19.4. The predicted molar refractivity (Wildman–Crippen MR) is 112 cm³/mol. The van der Waals surface area contributed by atoms with Crippen molar-refractivity contribution < 1.29 is 17.9 Å². The van der Waals surface area contributed by atoms with Gasteiger partial charge in [-0.25, -0.2) is 0 Å². The predicted octanol–water partition coefficient (Wildman–Crippen LogP) is 8.28. The van der Waals surface area contributed by atoms with E-state index in [0.29, 0.717) is 18.3 Å². The Morgan fingerprint density at radius 3 is 1.86 bits per heavy atom. The molecular formula is C25H37F3O. The van der Waals surface area contributed by atoms with Gasteiger partial charge >= 0.3 is 6.18 Å². The van der Waals surface area contributed by atoms with Gasteiger partial charge in [0.25, 0.3) is 0 Å². The maximum Gasteiger partial charge on any atom is 0.416 e. The fourth-order valence-electron chi connectivity index (χ4n) is 5.41. The molecule has 0 atom stereocenters. The van der Waals surface area contributed by atoms with E-state index in [9.17, 15) is 13.2 Å². The van der Waals surface area contributed by atoms with Crippen LogP contribution in [0.2, 0.25) is 0 Å². The van der Waals surface area contributed by atoms with Crippen LogP contribution in [0.3, 0.4) is 0 Å². The maximum absolute atomic E-state index is 12.6. The van der Waals surface area contributed by atoms with Crippen molar-refractivity contribution in [1.82, 2.24) is 0 Å². The van der Waals surface area contributed by atoms with Crippen molar-refractivity contribution in [3.63, 3.8) is 0 Å². The number of unbranched alkanes of at least 4 members (excludes halogenated alkanes) is 2. The van der Waals surface area contributed by atoms with Gasteiger partial charge in [-0.15, -0.1) is 0 Å². The molecule has 29 heavy (non-hydrogen) atoms. The van der Waals surface area contributed by atoms with Gasteiger partial charge in [0, 0.05) is 0 Å². The van der Waals surface area contributed by atoms with Crippen molar-refractivity contribution in [2.75, 3.05) is 6.61 Å². The monoisotopic (exact) mass is 410 g/mol. The topological polar surface area (TPSA) is 9.23 Å². The van der Waals surface area contributed by atoms with E-state index in [0.717, 1.165) is 29.9 Å². The first-order valence-corrected chi connectivity index (χ1v) is 11.8. The Bertz CT molecular complexity index is 579. The first-order valence-electron chi connectivity index (χ1n) is 11.8. The molecule has 1 aromatic rings. The van der Waals surface area contributed by atoms with Crippen LogP contribution < -0.4 is 4.74 Å². The second-order valence-corrected chi connectivity index (χ2v) is 9.39. The number of ether oxygens (including phenoxy) is 1. The summed E-state index contributed by atoms with van der Waals surface area (Å²) >= 11 is 0. The zero-order valence-corrected chi connectivity index (χ0v) is 17.9. The highest BCUT2D eigenvalue weighted by molar-refractivity contribution is 5.28. The molecule has 0 saturated heterocycles. The molecule has 0 spiro atoms. The first-order chi connectivity index (χ1) is 14.0. The average molecular weight is 411 g/mol. The van der Waals surface area contributed by atoms with E-state index in [4.69, 9.17) is 4.74 Å². The second kappa shape index (κ2) is 10.7. The molecule has 0 unspecified atom stereocenters. The Kier molecular flexibility index (Phi) is 8.32. The van der Waals surface area contributed by atoms with E-state index in [1.807, 2.05) is 0 Å². The molecule has 4 heteroatoms. The molecule has 1 nitrogen and oxygen atoms in total. The number of hydrogen-bond donors (Lipinski definition) is 0. The van der Waals surface area contributed by atoms with Gasteiger partial charge in [-0.05, 0) is 86.5 Å². The second-order valence-electron chi connectivity index (χ2n) is 9.39. The summed E-state index contributed by atoms with van der Waals surface area (Å²) in [4.78, 5) is 0. The van der Waals surface area contributed by atoms with Gasteiger partial charge < -0.3 is 4.74 Å². The molecule has 1 aromatic carbocycles. The number of halogens is 3. The normalized spacial score (nSPS) is 28.3. The number of benzene rings is 1. The van der Waals surface area contributed by atoms with Crippen LogP contribution in [0.15, 0.2) is 24.3 Å². The minimum absolute atomic E-state index is 0.541. The lowest BCUT2D eigenvalue weighted by Gasteiger charge is -2.38. The van der Waals surface area contributed by atoms with Gasteiger partial charge in [0.05, 0.1) is 12.2 Å². The summed E-state index contributed by atoms with van der Waals surface area (Å²) in [6.07, 6.45) is 12.0. The van der Waals surface area contributed by atoms with Crippen molar-refractivity contribution in [3.8, 4) is 5.75 Å². The molecule has 0 amide bonds. The Morgan fingerprint density at radius 1 is 0.793 bits per heavy atom. The SMILES string of the molecule is CCCCCC1CCC(C2CCC(COc3ccc(C(F)(F)F)cc3)CC2)CC1. The molecule has 0 aliphatic heterocycles. The van der Waals surface area contributed by atoms with Gasteiger partial charge in [-0.3, -0.25) is 0 Å². The Labute approximate surface area is 174 Å². The summed E-state index contributed by atoms with van der Waals surface area (Å²) in [6, 6.07) is 5.08. The van der Waals surface area contributed by atoms with Crippen LogP contribution in [0.4, 0.5) is 13.2 Å². The molecule has 2 aliphatic carbocycles. The van der Waals surface area contributed by atoms with Crippen molar-refractivity contribution in [1.29, 1.82) is 0 Å². The molecule has 0 bridgehead atoms. The lowest BCUT2D eigenvalue weighted by molar-refractivity contribution is -0.137. The summed E-state index contributed by atoms with van der Waals surface area (Å²) in [6.45, 7) is 2.91. The van der Waals surface area contributed by atoms with E-state index < -0.39 is 11.7 Å². The van der Waals surface area contributed by atoms with Crippen molar-refractivity contribution >= 4 is 0 Å². The van der Waals surface area contributed by atoms with E-state index in [2.05, 4.69) is 6.92 Å². The van der Waals surface area contributed by atoms with Crippen LogP contribution in [0.25, 0.3) is 0 Å². The smallest absolute Gasteiger partial charge is 0.416 e. The van der Waals surface area contributed by atoms with Crippen molar-refractivity contribution in [3.05, 3.63) is 29.8 Å². The zero-order chi connectivity index (χ0) is 20.7. The highest BCUT2D eigenvalue weighted by Gasteiger charge is 2.31. The highest BCUT2D eigenvalue weighted by Crippen LogP contribution is 2.42. The summed E-state index contributed by atoms with van der Waals surface area (Å²) in [5, 5.41) is 0. The maximum atomic E-state index is 12.6. The third-order valence-electron chi connectivity index (χ3n) is 7.33. The largest absolute Gasteiger partial charge is 0.493 e. The van der Waals surface area contributed by atoms with E-state index >= 15 is 0 Å². The van der Waals surface area contributed by atoms with Crippen molar-refractivity contribution in [2.45, 2.75) is 90.1 Å². The Hall–Kier alpha value is -1.19. The molecule has 0 N–H and O–H groups in total. The lowest BCUT2D eigenvalue weighted by Crippen LogP contribution is -2.27. The number of rotatable bonds is 8. The summed E-state index contributed by atoms with van der Waals surface area (Å²) < 4.78 is 43.7. The molecule has 0 radical (unpaired) electrons. The number of alkyl halides is 3. The zero-order valence-electron chi connectivity index (χ0n) is 17.9. The number of hydrogen-bond acceptors (Lipinski definition) is 1. The van der Waals surface area contributed by atoms with Crippen molar-refractivity contribution in [2.24, 2.45) is 23.7 Å². The summed E-state index contributed by atoms with van der Waals surface area (Å²) in [5.41, 5.74) is -0.620. The van der Waals surface area contributed by atoms with E-state index in [-0.39, 0.29) is 0 Å². The van der Waals surface area contributed by atoms with Crippen LogP contribution >= 0.6 is 0 Å². The molecule has 164 valence electrons. The molecule has 2 saturated carbocycles. The fraction of sp³-hybridized carbons (Fsp3) is 0.760. The Morgan fingerprint density at radius 2 is 1.34 bits per heavy atom. The molecule has 2 aliphatic rings. The summed E-state index contributed by atoms with van der Waals surface area (Å²) in [5.74, 6) is 3.87. The Balaban J connectivity index is 1.34. The quantitative estimate of drug-likeness (QED) is 0.392. The molecule has 3 rings (SSSR count). The minimum atomic E-state index is -4.29. The van der Waals surface area contributed by atoms with Gasteiger partial charge in [0.1, 0.15) is 5.75 Å². The average Bonchev–Trinajstić information content (AvgIpc) is 2.73. The first kappa shape index (κ1) is 22.5. The van der Waals surface area contributed by atoms with Crippen LogP contribution in [-0.2, 0) is 6.18 Å². The molecule has 2 fully saturated rings. The van der Waals surface area contributed by atoms with Crippen LogP contribution in [0.5, 0.6) is 5.75 Å². The molecule has 0 aromatic heterocycles. The third kappa shape index (κ3) is 6.93. The summed E-state index contributed by atoms with van der Waals surface area (Å²) in [7, 11) is 0. The standard InChI is InChI=1S/C25H37F3O/c1-2-3-4-5-19-6-10-21(11-7-19)22-12-8-20(9-13-22)18-29-24-16-14-23(15-17-24)25(26,27)28/h14-17,19-22H,2-13,18H2,1H3. The minimum Gasteiger partial charge on any atom is -0.493 e. The van der Waals surface area contributed by atoms with Crippen LogP contribution in [0, 0.1) is 23.7 Å². The van der Waals surface area contributed by atoms with Gasteiger partial charge in [0.2, 0.25) is 0 Å². The van der Waals surface area contributed by atoms with Gasteiger partial charge in [-0.1, -0.05) is 45.4 Å². The van der Waals surface area contributed by atoms with E-state index in [1.54, 1.807) is 0 Å². The fourth-order valence-corrected chi connectivity index (χ4v) is 5.41. The third-order valence-corrected chi connectivity index (χ3v) is 7.33. The lowest BCUT2D eigenvalue weighted by atomic mass is 9.69. The molecule has 0 heterocycles. The molecular weight excluding hydrogens is 373 g/mol. The van der Waals surface area contributed by atoms with Crippen LogP contribution in [-0.4, -0.2) is 6.61 Å². The van der Waals surface area contributed by atoms with Crippen LogP contribution in [0.1, 0.15) is 89.5 Å². The van der Waals surface area contributed by atoms with Gasteiger partial charge in [0.15, 0.2) is 0 Å². The van der Waals surface area contributed by atoms with Gasteiger partial charge in [-0.2, -0.15) is 13.2 Å². The van der Waals surface area contributed by atoms with E-state index in [1.165, 1.54) is 89.2 Å².